The molecule has 0 aliphatic rings. The van der Waals surface area contributed by atoms with Crippen LogP contribution < -0.4 is 11.1 Å². The Hall–Kier alpha value is -1.03. The number of rotatable bonds is 6. The fourth-order valence-corrected chi connectivity index (χ4v) is 1.53. The second kappa shape index (κ2) is 6.53. The number of hydrogen-bond acceptors (Lipinski definition) is 4. The highest BCUT2D eigenvalue weighted by atomic mass is 35.5. The van der Waals surface area contributed by atoms with Crippen LogP contribution in [0.5, 0.6) is 0 Å². The SMILES string of the molecule is CCCCNc1nc(CCC)nc(Cl)c1N. The van der Waals surface area contributed by atoms with Gasteiger partial charge in [0.25, 0.3) is 0 Å². The first-order valence-corrected chi connectivity index (χ1v) is 6.12. The summed E-state index contributed by atoms with van der Waals surface area (Å²) in [6, 6.07) is 0. The number of aryl methyl sites for hydroxylation is 1. The van der Waals surface area contributed by atoms with Crippen molar-refractivity contribution in [3.8, 4) is 0 Å². The highest BCUT2D eigenvalue weighted by molar-refractivity contribution is 6.32. The van der Waals surface area contributed by atoms with E-state index in [2.05, 4.69) is 29.1 Å². The average Bonchev–Trinajstić information content (AvgIpc) is 2.25. The largest absolute Gasteiger partial charge is 0.393 e. The van der Waals surface area contributed by atoms with Gasteiger partial charge in [-0.3, -0.25) is 0 Å². The Morgan fingerprint density at radius 3 is 2.62 bits per heavy atom. The molecule has 0 aliphatic heterocycles. The van der Waals surface area contributed by atoms with Crippen molar-refractivity contribution in [3.05, 3.63) is 11.0 Å². The molecular formula is C11H19ClN4. The maximum atomic E-state index is 5.95. The number of nitrogens with one attached hydrogen (secondary N) is 1. The van der Waals surface area contributed by atoms with Crippen LogP contribution in [0.4, 0.5) is 11.5 Å². The molecule has 1 aromatic rings. The van der Waals surface area contributed by atoms with E-state index in [-0.39, 0.29) is 0 Å². The highest BCUT2D eigenvalue weighted by Gasteiger charge is 2.09. The average molecular weight is 243 g/mol. The Balaban J connectivity index is 2.79. The van der Waals surface area contributed by atoms with Crippen molar-refractivity contribution >= 4 is 23.1 Å². The van der Waals surface area contributed by atoms with E-state index in [4.69, 9.17) is 17.3 Å². The fraction of sp³-hybridized carbons (Fsp3) is 0.636. The quantitative estimate of drug-likeness (QED) is 0.595. The van der Waals surface area contributed by atoms with Gasteiger partial charge >= 0.3 is 0 Å². The van der Waals surface area contributed by atoms with E-state index in [1.54, 1.807) is 0 Å². The Morgan fingerprint density at radius 2 is 2.00 bits per heavy atom. The van der Waals surface area contributed by atoms with Crippen LogP contribution in [0.15, 0.2) is 0 Å². The van der Waals surface area contributed by atoms with Crippen molar-refractivity contribution in [2.45, 2.75) is 39.5 Å². The summed E-state index contributed by atoms with van der Waals surface area (Å²) in [7, 11) is 0. The van der Waals surface area contributed by atoms with E-state index in [1.807, 2.05) is 0 Å². The molecule has 1 heterocycles. The summed E-state index contributed by atoms with van der Waals surface area (Å²) in [6.45, 7) is 5.08. The zero-order valence-corrected chi connectivity index (χ0v) is 10.6. The van der Waals surface area contributed by atoms with Gasteiger partial charge in [-0.1, -0.05) is 31.9 Å². The van der Waals surface area contributed by atoms with Crippen molar-refractivity contribution < 1.29 is 0 Å². The fourth-order valence-electron chi connectivity index (χ4n) is 1.34. The van der Waals surface area contributed by atoms with Gasteiger partial charge in [-0.15, -0.1) is 0 Å². The van der Waals surface area contributed by atoms with Crippen LogP contribution in [0.3, 0.4) is 0 Å². The molecule has 0 saturated heterocycles. The molecule has 0 bridgehead atoms. The van der Waals surface area contributed by atoms with Gasteiger partial charge in [-0.25, -0.2) is 9.97 Å². The molecule has 0 fully saturated rings. The number of unbranched alkanes of at least 4 members (excludes halogenated alkanes) is 1. The molecule has 0 radical (unpaired) electrons. The van der Waals surface area contributed by atoms with Crippen LogP contribution in [0.1, 0.15) is 38.9 Å². The molecule has 90 valence electrons. The van der Waals surface area contributed by atoms with Crippen LogP contribution in [0.25, 0.3) is 0 Å². The van der Waals surface area contributed by atoms with E-state index in [0.717, 1.165) is 38.1 Å². The van der Waals surface area contributed by atoms with Gasteiger partial charge in [0.2, 0.25) is 0 Å². The first kappa shape index (κ1) is 13.0. The third-order valence-corrected chi connectivity index (χ3v) is 2.53. The molecule has 0 aliphatic carbocycles. The number of nitrogens with zero attached hydrogens (tertiary/aromatic N) is 2. The summed E-state index contributed by atoms with van der Waals surface area (Å²) in [6.07, 6.45) is 4.04. The molecule has 5 heteroatoms. The van der Waals surface area contributed by atoms with Gasteiger partial charge in [-0.2, -0.15) is 0 Å². The van der Waals surface area contributed by atoms with Gasteiger partial charge in [-0.05, 0) is 12.8 Å². The number of nitrogen functional groups attached to an aromatic ring is 1. The second-order valence-electron chi connectivity index (χ2n) is 3.72. The lowest BCUT2D eigenvalue weighted by Crippen LogP contribution is -2.09. The first-order chi connectivity index (χ1) is 7.69. The summed E-state index contributed by atoms with van der Waals surface area (Å²) in [5, 5.41) is 3.54. The number of halogens is 1. The van der Waals surface area contributed by atoms with Crippen molar-refractivity contribution in [2.75, 3.05) is 17.6 Å². The van der Waals surface area contributed by atoms with E-state index >= 15 is 0 Å². The van der Waals surface area contributed by atoms with Crippen molar-refractivity contribution in [2.24, 2.45) is 0 Å². The van der Waals surface area contributed by atoms with Gasteiger partial charge in [0.05, 0.1) is 0 Å². The van der Waals surface area contributed by atoms with E-state index in [0.29, 0.717) is 16.7 Å². The summed E-state index contributed by atoms with van der Waals surface area (Å²) < 4.78 is 0. The van der Waals surface area contributed by atoms with Crippen molar-refractivity contribution in [1.29, 1.82) is 0 Å². The van der Waals surface area contributed by atoms with Gasteiger partial charge in [0.15, 0.2) is 11.0 Å². The lowest BCUT2D eigenvalue weighted by Gasteiger charge is -2.10. The normalized spacial score (nSPS) is 10.4. The standard InChI is InChI=1S/C11H19ClN4/c1-3-5-7-14-11-9(13)10(12)15-8(16-11)6-4-2/h3-7,13H2,1-2H3,(H,14,15,16). The molecule has 0 spiro atoms. The molecule has 0 atom stereocenters. The Bertz CT molecular complexity index is 341. The van der Waals surface area contributed by atoms with Crippen molar-refractivity contribution in [1.82, 2.24) is 9.97 Å². The van der Waals surface area contributed by atoms with E-state index in [1.165, 1.54) is 0 Å². The monoisotopic (exact) mass is 242 g/mol. The zero-order valence-electron chi connectivity index (χ0n) is 9.89. The molecular weight excluding hydrogens is 224 g/mol. The molecule has 1 aromatic heterocycles. The molecule has 0 unspecified atom stereocenters. The van der Waals surface area contributed by atoms with Crippen LogP contribution >= 0.6 is 11.6 Å². The molecule has 0 saturated carbocycles. The Morgan fingerprint density at radius 1 is 1.25 bits per heavy atom. The third-order valence-electron chi connectivity index (χ3n) is 2.24. The third kappa shape index (κ3) is 3.52. The van der Waals surface area contributed by atoms with E-state index < -0.39 is 0 Å². The highest BCUT2D eigenvalue weighted by Crippen LogP contribution is 2.23. The van der Waals surface area contributed by atoms with Crippen molar-refractivity contribution in [3.63, 3.8) is 0 Å². The van der Waals surface area contributed by atoms with Crippen LogP contribution in [0, 0.1) is 0 Å². The Kier molecular flexibility index (Phi) is 5.32. The summed E-state index contributed by atoms with van der Waals surface area (Å²) >= 11 is 5.95. The first-order valence-electron chi connectivity index (χ1n) is 5.74. The van der Waals surface area contributed by atoms with Gasteiger partial charge in [0, 0.05) is 13.0 Å². The minimum Gasteiger partial charge on any atom is -0.393 e. The smallest absolute Gasteiger partial charge is 0.157 e. The number of anilines is 2. The summed E-state index contributed by atoms with van der Waals surface area (Å²) in [5.41, 5.74) is 6.25. The second-order valence-corrected chi connectivity index (χ2v) is 4.08. The number of nitrogens with two attached hydrogens (primary N) is 1. The molecule has 16 heavy (non-hydrogen) atoms. The molecule has 4 nitrogen and oxygen atoms in total. The maximum absolute atomic E-state index is 5.95. The molecule has 0 aromatic carbocycles. The number of aromatic nitrogens is 2. The predicted molar refractivity (Wildman–Crippen MR) is 68.8 cm³/mol. The Labute approximate surface area is 102 Å². The molecule has 1 rings (SSSR count). The molecule has 0 amide bonds. The molecule has 3 N–H and O–H groups in total. The van der Waals surface area contributed by atoms with Gasteiger partial charge < -0.3 is 11.1 Å². The van der Waals surface area contributed by atoms with Crippen LogP contribution in [-0.4, -0.2) is 16.5 Å². The zero-order chi connectivity index (χ0) is 12.0. The van der Waals surface area contributed by atoms with Crippen LogP contribution in [-0.2, 0) is 6.42 Å². The lowest BCUT2D eigenvalue weighted by molar-refractivity contribution is 0.814. The predicted octanol–water partition coefficient (Wildman–Crippen LogP) is 2.88. The topological polar surface area (TPSA) is 63.8 Å². The van der Waals surface area contributed by atoms with Gasteiger partial charge in [0.1, 0.15) is 11.5 Å². The lowest BCUT2D eigenvalue weighted by atomic mass is 10.3. The summed E-state index contributed by atoms with van der Waals surface area (Å²) in [4.78, 5) is 8.50. The maximum Gasteiger partial charge on any atom is 0.157 e. The number of hydrogen-bond donors (Lipinski definition) is 2. The van der Waals surface area contributed by atoms with Crippen LogP contribution in [0.2, 0.25) is 5.15 Å². The summed E-state index contributed by atoms with van der Waals surface area (Å²) in [5.74, 6) is 1.41. The minimum absolute atomic E-state index is 0.345. The van der Waals surface area contributed by atoms with E-state index in [9.17, 15) is 0 Å². The minimum atomic E-state index is 0.345.